The highest BCUT2D eigenvalue weighted by atomic mass is 16.5. The maximum atomic E-state index is 12.9. The first-order valence-corrected chi connectivity index (χ1v) is 11.0. The fourth-order valence-corrected chi connectivity index (χ4v) is 4.52. The molecule has 0 spiro atoms. The number of amides is 1. The van der Waals surface area contributed by atoms with Crippen LogP contribution in [0.2, 0.25) is 0 Å². The summed E-state index contributed by atoms with van der Waals surface area (Å²) in [4.78, 5) is 21.5. The molecule has 1 atom stereocenters. The fourth-order valence-electron chi connectivity index (χ4n) is 4.52. The van der Waals surface area contributed by atoms with Crippen LogP contribution in [-0.4, -0.2) is 61.1 Å². The van der Waals surface area contributed by atoms with E-state index in [1.807, 2.05) is 47.8 Å². The van der Waals surface area contributed by atoms with Crippen LogP contribution in [0.1, 0.15) is 29.5 Å². The molecule has 1 amide bonds. The summed E-state index contributed by atoms with van der Waals surface area (Å²) in [5.74, 6) is 1.99. The molecule has 0 aliphatic carbocycles. The minimum absolute atomic E-state index is 0.136. The molecule has 6 nitrogen and oxygen atoms in total. The van der Waals surface area contributed by atoms with Crippen LogP contribution in [0, 0.1) is 5.92 Å². The van der Waals surface area contributed by atoms with E-state index < -0.39 is 0 Å². The van der Waals surface area contributed by atoms with Gasteiger partial charge in [0.1, 0.15) is 0 Å². The molecule has 0 N–H and O–H groups in total. The average molecular weight is 422 g/mol. The smallest absolute Gasteiger partial charge is 0.230 e. The first-order valence-electron chi connectivity index (χ1n) is 11.0. The Kier molecular flexibility index (Phi) is 6.87. The van der Waals surface area contributed by atoms with Crippen molar-refractivity contribution in [1.29, 1.82) is 0 Å². The molecule has 3 heterocycles. The number of rotatable bonds is 8. The Morgan fingerprint density at radius 3 is 2.81 bits per heavy atom. The van der Waals surface area contributed by atoms with Crippen molar-refractivity contribution in [3.05, 3.63) is 59.5 Å². The second kappa shape index (κ2) is 9.96. The number of carbonyl (C=O) groups excluding carboxylic acids is 1. The van der Waals surface area contributed by atoms with E-state index in [0.29, 0.717) is 23.8 Å². The number of ether oxygens (including phenoxy) is 2. The van der Waals surface area contributed by atoms with E-state index in [9.17, 15) is 4.79 Å². The number of aromatic nitrogens is 1. The van der Waals surface area contributed by atoms with Gasteiger partial charge in [-0.05, 0) is 79.2 Å². The van der Waals surface area contributed by atoms with Crippen molar-refractivity contribution in [3.63, 3.8) is 0 Å². The summed E-state index contributed by atoms with van der Waals surface area (Å²) in [6.07, 6.45) is 11.4. The molecule has 1 unspecified atom stereocenters. The van der Waals surface area contributed by atoms with Gasteiger partial charge in [-0.2, -0.15) is 0 Å². The van der Waals surface area contributed by atoms with E-state index in [2.05, 4.69) is 16.0 Å². The average Bonchev–Trinajstić information content (AvgIpc) is 3.18. The number of nitrogens with zero attached hydrogens (tertiary/aromatic N) is 3. The first-order chi connectivity index (χ1) is 15.2. The van der Waals surface area contributed by atoms with Crippen molar-refractivity contribution in [1.82, 2.24) is 14.8 Å². The van der Waals surface area contributed by atoms with Crippen LogP contribution in [0.25, 0.3) is 6.08 Å². The van der Waals surface area contributed by atoms with Crippen LogP contribution in [0.4, 0.5) is 0 Å². The molecular weight excluding hydrogens is 390 g/mol. The van der Waals surface area contributed by atoms with Gasteiger partial charge in [0, 0.05) is 31.7 Å². The molecule has 1 aromatic carbocycles. The van der Waals surface area contributed by atoms with Crippen molar-refractivity contribution < 1.29 is 14.3 Å². The zero-order valence-corrected chi connectivity index (χ0v) is 18.4. The van der Waals surface area contributed by atoms with E-state index in [1.165, 1.54) is 5.56 Å². The molecule has 164 valence electrons. The summed E-state index contributed by atoms with van der Waals surface area (Å²) < 4.78 is 10.8. The summed E-state index contributed by atoms with van der Waals surface area (Å²) in [6, 6.07) is 8.00. The molecule has 0 saturated carbocycles. The third-order valence-corrected chi connectivity index (χ3v) is 6.23. The normalized spacial score (nSPS) is 18.7. The molecule has 1 fully saturated rings. The highest BCUT2D eigenvalue weighted by Crippen LogP contribution is 2.33. The molecule has 6 heteroatoms. The largest absolute Gasteiger partial charge is 0.493 e. The molecule has 1 aromatic heterocycles. The highest BCUT2D eigenvalue weighted by molar-refractivity contribution is 5.84. The zero-order chi connectivity index (χ0) is 21.6. The summed E-state index contributed by atoms with van der Waals surface area (Å²) in [5, 5.41) is 0. The number of hydrogen-bond acceptors (Lipinski definition) is 5. The van der Waals surface area contributed by atoms with Crippen molar-refractivity contribution in [2.45, 2.75) is 25.7 Å². The van der Waals surface area contributed by atoms with E-state index >= 15 is 0 Å². The van der Waals surface area contributed by atoms with E-state index in [4.69, 9.17) is 9.47 Å². The van der Waals surface area contributed by atoms with Gasteiger partial charge in [0.25, 0.3) is 0 Å². The lowest BCUT2D eigenvalue weighted by Crippen LogP contribution is -2.33. The standard InChI is InChI=1S/C25H31N3O3/c1-30-23-13-21-8-12-28(25(29)15-22(21)14-24(23)31-2)18-20-7-11-27(17-20)10-4-6-19-5-3-9-26-16-19/h3,5,8-9,12-14,16,20H,4,6-7,10-11,15,17-18H2,1-2H3. The molecule has 2 aliphatic heterocycles. The number of carbonyl (C=O) groups is 1. The van der Waals surface area contributed by atoms with E-state index in [1.54, 1.807) is 14.2 Å². The van der Waals surface area contributed by atoms with Gasteiger partial charge >= 0.3 is 0 Å². The van der Waals surface area contributed by atoms with Crippen LogP contribution in [0.5, 0.6) is 11.5 Å². The Labute approximate surface area is 184 Å². The highest BCUT2D eigenvalue weighted by Gasteiger charge is 2.27. The summed E-state index contributed by atoms with van der Waals surface area (Å²) >= 11 is 0. The Hall–Kier alpha value is -2.86. The predicted octanol–water partition coefficient (Wildman–Crippen LogP) is 3.41. The van der Waals surface area contributed by atoms with Gasteiger partial charge in [-0.1, -0.05) is 6.07 Å². The first kappa shape index (κ1) is 21.4. The molecule has 0 bridgehead atoms. The van der Waals surface area contributed by atoms with E-state index in [-0.39, 0.29) is 5.91 Å². The van der Waals surface area contributed by atoms with Gasteiger partial charge in [-0.15, -0.1) is 0 Å². The van der Waals surface area contributed by atoms with Gasteiger partial charge in [0.2, 0.25) is 5.91 Å². The predicted molar refractivity (Wildman–Crippen MR) is 121 cm³/mol. The van der Waals surface area contributed by atoms with Crippen molar-refractivity contribution in [3.8, 4) is 11.5 Å². The Morgan fingerprint density at radius 2 is 2.03 bits per heavy atom. The number of fused-ring (bicyclic) bond motifs is 1. The number of benzene rings is 1. The van der Waals surface area contributed by atoms with Gasteiger partial charge in [0.05, 0.1) is 20.6 Å². The number of pyridine rings is 1. The fraction of sp³-hybridized carbons (Fsp3) is 0.440. The van der Waals surface area contributed by atoms with Crippen LogP contribution < -0.4 is 9.47 Å². The Morgan fingerprint density at radius 1 is 1.19 bits per heavy atom. The third-order valence-electron chi connectivity index (χ3n) is 6.23. The Balaban J connectivity index is 1.31. The topological polar surface area (TPSA) is 54.9 Å². The van der Waals surface area contributed by atoms with Gasteiger partial charge in [-0.3, -0.25) is 9.78 Å². The third kappa shape index (κ3) is 5.25. The molecule has 31 heavy (non-hydrogen) atoms. The van der Waals surface area contributed by atoms with Crippen molar-refractivity contribution in [2.24, 2.45) is 5.92 Å². The van der Waals surface area contributed by atoms with Crippen molar-refractivity contribution >= 4 is 12.0 Å². The number of aryl methyl sites for hydroxylation is 1. The Bertz CT molecular complexity index is 929. The molecular formula is C25H31N3O3. The van der Waals surface area contributed by atoms with Crippen molar-refractivity contribution in [2.75, 3.05) is 40.4 Å². The lowest BCUT2D eigenvalue weighted by atomic mass is 10.0. The quantitative estimate of drug-likeness (QED) is 0.654. The lowest BCUT2D eigenvalue weighted by molar-refractivity contribution is -0.128. The van der Waals surface area contributed by atoms with Gasteiger partial charge in [-0.25, -0.2) is 0 Å². The monoisotopic (exact) mass is 421 g/mol. The summed E-state index contributed by atoms with van der Waals surface area (Å²) in [6.45, 7) is 4.04. The van der Waals surface area contributed by atoms with Crippen LogP contribution in [0.3, 0.4) is 0 Å². The lowest BCUT2D eigenvalue weighted by Gasteiger charge is -2.22. The molecule has 4 rings (SSSR count). The minimum Gasteiger partial charge on any atom is -0.493 e. The number of hydrogen-bond donors (Lipinski definition) is 0. The zero-order valence-electron chi connectivity index (χ0n) is 18.4. The van der Waals surface area contributed by atoms with E-state index in [0.717, 1.165) is 56.6 Å². The summed E-state index contributed by atoms with van der Waals surface area (Å²) in [7, 11) is 3.25. The maximum Gasteiger partial charge on any atom is 0.230 e. The van der Waals surface area contributed by atoms with Crippen LogP contribution in [-0.2, 0) is 17.6 Å². The molecule has 2 aliphatic rings. The molecule has 0 radical (unpaired) electrons. The molecule has 2 aromatic rings. The maximum absolute atomic E-state index is 12.9. The number of methoxy groups -OCH3 is 2. The van der Waals surface area contributed by atoms with Crippen LogP contribution in [0.15, 0.2) is 42.9 Å². The summed E-state index contributed by atoms with van der Waals surface area (Å²) in [5.41, 5.74) is 3.29. The minimum atomic E-state index is 0.136. The SMILES string of the molecule is COc1cc2c(cc1OC)CC(=O)N(CC1CCN(CCCc3cccnc3)C1)C=C2. The number of likely N-dealkylation sites (tertiary alicyclic amines) is 1. The second-order valence-corrected chi connectivity index (χ2v) is 8.36. The second-order valence-electron chi connectivity index (χ2n) is 8.36. The molecule has 1 saturated heterocycles. The van der Waals surface area contributed by atoms with Crippen LogP contribution >= 0.6 is 0 Å². The van der Waals surface area contributed by atoms with Gasteiger partial charge in [0.15, 0.2) is 11.5 Å². The van der Waals surface area contributed by atoms with Gasteiger partial charge < -0.3 is 19.3 Å².